The fourth-order valence-corrected chi connectivity index (χ4v) is 5.50. The predicted molar refractivity (Wildman–Crippen MR) is 113 cm³/mol. The highest BCUT2D eigenvalue weighted by molar-refractivity contribution is 7.83. The van der Waals surface area contributed by atoms with E-state index in [1.807, 2.05) is 0 Å². The molecular weight excluding hydrogens is 483 g/mol. The summed E-state index contributed by atoms with van der Waals surface area (Å²) in [5.41, 5.74) is 5.10. The molecule has 0 saturated carbocycles. The molecule has 2 fully saturated rings. The molecule has 2 atom stereocenters. The van der Waals surface area contributed by atoms with Crippen LogP contribution < -0.4 is 15.4 Å². The molecule has 14 heteroatoms. The van der Waals surface area contributed by atoms with Crippen LogP contribution in [-0.4, -0.2) is 74.2 Å². The molecule has 1 aromatic carbocycles. The van der Waals surface area contributed by atoms with Gasteiger partial charge in [-0.1, -0.05) is 0 Å². The Labute approximate surface area is 194 Å². The second kappa shape index (κ2) is 9.68. The maximum absolute atomic E-state index is 13.4. The number of amides is 1. The van der Waals surface area contributed by atoms with Crippen molar-refractivity contribution in [1.29, 1.82) is 0 Å². The maximum atomic E-state index is 13.4. The van der Waals surface area contributed by atoms with Gasteiger partial charge in [-0.05, 0) is 43.5 Å². The van der Waals surface area contributed by atoms with Crippen molar-refractivity contribution in [3.8, 4) is 5.75 Å². The van der Waals surface area contributed by atoms with Crippen molar-refractivity contribution in [2.45, 2.75) is 44.2 Å². The number of methoxy groups -OCH3 is 1. The number of alkyl halides is 3. The third kappa shape index (κ3) is 5.79. The summed E-state index contributed by atoms with van der Waals surface area (Å²) in [5, 5.41) is 0. The monoisotopic (exact) mass is 509 g/mol. The predicted octanol–water partition coefficient (Wildman–Crippen LogP) is 1.51. The Bertz CT molecular complexity index is 1010. The molecule has 3 N–H and O–H groups in total. The van der Waals surface area contributed by atoms with Crippen molar-refractivity contribution >= 4 is 27.7 Å². The van der Waals surface area contributed by atoms with Crippen LogP contribution in [0, 0.1) is 5.41 Å². The van der Waals surface area contributed by atoms with Crippen LogP contribution >= 0.6 is 0 Å². The first-order chi connectivity index (χ1) is 15.8. The molecule has 0 aliphatic carbocycles. The van der Waals surface area contributed by atoms with Gasteiger partial charge in [0.2, 0.25) is 5.91 Å². The minimum absolute atomic E-state index is 0.00165. The number of nitrogens with two attached hydrogens (primary N) is 1. The summed E-state index contributed by atoms with van der Waals surface area (Å²) in [6.07, 6.45) is -5.29. The third-order valence-corrected chi connectivity index (χ3v) is 7.50. The third-order valence-electron chi connectivity index (χ3n) is 6.48. The summed E-state index contributed by atoms with van der Waals surface area (Å²) < 4.78 is 79.7. The number of carbonyl (C=O) groups is 2. The van der Waals surface area contributed by atoms with Crippen molar-refractivity contribution in [3.63, 3.8) is 0 Å². The van der Waals surface area contributed by atoms with Gasteiger partial charge < -0.3 is 20.1 Å². The summed E-state index contributed by atoms with van der Waals surface area (Å²) in [4.78, 5) is 26.8. The molecule has 3 rings (SSSR count). The number of ketones is 1. The molecule has 10 nitrogen and oxygen atoms in total. The van der Waals surface area contributed by atoms with Crippen LogP contribution in [0.1, 0.15) is 25.7 Å². The second-order valence-electron chi connectivity index (χ2n) is 8.42. The van der Waals surface area contributed by atoms with Gasteiger partial charge in [-0.3, -0.25) is 14.1 Å². The second-order valence-corrected chi connectivity index (χ2v) is 9.84. The molecule has 2 aliphatic rings. The number of ether oxygens (including phenoxy) is 2. The molecule has 0 bridgehead atoms. The van der Waals surface area contributed by atoms with Gasteiger partial charge in [0.15, 0.2) is 5.78 Å². The van der Waals surface area contributed by atoms with Crippen molar-refractivity contribution < 1.29 is 45.2 Å². The Balaban J connectivity index is 1.90. The molecule has 0 aromatic heterocycles. The Morgan fingerprint density at radius 3 is 2.21 bits per heavy atom. The average Bonchev–Trinajstić information content (AvgIpc) is 3.09. The molecule has 1 aromatic rings. The van der Waals surface area contributed by atoms with E-state index < -0.39 is 45.9 Å². The minimum Gasteiger partial charge on any atom is -0.406 e. The zero-order valence-electron chi connectivity index (χ0n) is 18.3. The van der Waals surface area contributed by atoms with Crippen molar-refractivity contribution in [3.05, 3.63) is 24.3 Å². The number of primary amides is 1. The highest BCUT2D eigenvalue weighted by atomic mass is 32.2. The number of anilines is 1. The number of rotatable bonds is 8. The molecular formula is C20H26F3N3O7S. The number of hydrogen-bond donors (Lipinski definition) is 2. The lowest BCUT2D eigenvalue weighted by Crippen LogP contribution is -2.53. The van der Waals surface area contributed by atoms with E-state index in [2.05, 4.69) is 4.74 Å². The van der Waals surface area contributed by atoms with Gasteiger partial charge in [-0.15, -0.1) is 13.2 Å². The largest absolute Gasteiger partial charge is 0.573 e. The van der Waals surface area contributed by atoms with Crippen LogP contribution in [0.2, 0.25) is 0 Å². The van der Waals surface area contributed by atoms with E-state index in [9.17, 15) is 35.7 Å². The van der Waals surface area contributed by atoms with Gasteiger partial charge >= 0.3 is 16.7 Å². The van der Waals surface area contributed by atoms with Gasteiger partial charge in [0.05, 0.1) is 6.04 Å². The Morgan fingerprint density at radius 1 is 1.18 bits per heavy atom. The minimum atomic E-state index is -4.84. The lowest BCUT2D eigenvalue weighted by atomic mass is 9.71. The SMILES string of the molecule is COC(CC(=O)C1N(c2ccc(OC(F)(F)F)cc2)CCC12CCN(S(=O)(=O)O)CC2)C(N)=O. The molecule has 2 aliphatic heterocycles. The van der Waals surface area contributed by atoms with E-state index in [1.54, 1.807) is 4.90 Å². The number of carbonyl (C=O) groups excluding carboxylic acids is 2. The number of nitrogens with zero attached hydrogens (tertiary/aromatic N) is 2. The summed E-state index contributed by atoms with van der Waals surface area (Å²) in [6.45, 7) is 0.368. The highest BCUT2D eigenvalue weighted by Gasteiger charge is 2.53. The summed E-state index contributed by atoms with van der Waals surface area (Å²) in [6, 6.07) is 4.27. The van der Waals surface area contributed by atoms with Gasteiger partial charge in [0.1, 0.15) is 11.9 Å². The molecule has 0 radical (unpaired) electrons. The van der Waals surface area contributed by atoms with Gasteiger partial charge in [-0.2, -0.15) is 12.7 Å². The standard InChI is InChI=1S/C20H26F3N3O7S/c1-32-16(18(24)28)12-15(27)17-19(6-9-25(10-7-19)34(29,30)31)8-11-26(17)13-2-4-14(5-3-13)33-20(21,22)23/h2-5,16-17H,6-12H2,1H3,(H2,24,28)(H,29,30,31). The van der Waals surface area contributed by atoms with E-state index >= 15 is 0 Å². The van der Waals surface area contributed by atoms with Gasteiger partial charge in [-0.25, -0.2) is 0 Å². The summed E-state index contributed by atoms with van der Waals surface area (Å²) in [7, 11) is -3.14. The first kappa shape index (κ1) is 26.2. The van der Waals surface area contributed by atoms with E-state index in [1.165, 1.54) is 19.2 Å². The quantitative estimate of drug-likeness (QED) is 0.503. The fourth-order valence-electron chi connectivity index (χ4n) is 4.85. The summed E-state index contributed by atoms with van der Waals surface area (Å²) in [5.74, 6) is -1.59. The Kier molecular flexibility index (Phi) is 7.45. The summed E-state index contributed by atoms with van der Waals surface area (Å²) >= 11 is 0. The Morgan fingerprint density at radius 2 is 1.74 bits per heavy atom. The first-order valence-electron chi connectivity index (χ1n) is 10.5. The fraction of sp³-hybridized carbons (Fsp3) is 0.600. The molecule has 1 spiro atoms. The lowest BCUT2D eigenvalue weighted by molar-refractivity contribution is -0.274. The van der Waals surface area contributed by atoms with Crippen molar-refractivity contribution in [2.75, 3.05) is 31.6 Å². The lowest BCUT2D eigenvalue weighted by Gasteiger charge is -2.43. The number of piperidine rings is 1. The zero-order valence-corrected chi connectivity index (χ0v) is 19.1. The number of halogens is 3. The normalized spacial score (nSPS) is 22.0. The van der Waals surface area contributed by atoms with Crippen LogP contribution in [0.5, 0.6) is 5.75 Å². The van der Waals surface area contributed by atoms with Crippen LogP contribution in [0.4, 0.5) is 18.9 Å². The van der Waals surface area contributed by atoms with Crippen molar-refractivity contribution in [1.82, 2.24) is 4.31 Å². The molecule has 1 amide bonds. The maximum Gasteiger partial charge on any atom is 0.573 e. The number of hydrogen-bond acceptors (Lipinski definition) is 7. The van der Waals surface area contributed by atoms with E-state index in [-0.39, 0.29) is 38.1 Å². The number of Topliss-reactive ketones (excluding diaryl/α,β-unsaturated/α-hetero) is 1. The van der Waals surface area contributed by atoms with Crippen LogP contribution in [0.3, 0.4) is 0 Å². The molecule has 2 saturated heterocycles. The van der Waals surface area contributed by atoms with E-state index in [0.29, 0.717) is 18.7 Å². The van der Waals surface area contributed by atoms with E-state index in [0.717, 1.165) is 16.4 Å². The van der Waals surface area contributed by atoms with Crippen LogP contribution in [0.25, 0.3) is 0 Å². The van der Waals surface area contributed by atoms with E-state index in [4.69, 9.17) is 10.5 Å². The number of benzene rings is 1. The molecule has 2 unspecified atom stereocenters. The van der Waals surface area contributed by atoms with Crippen LogP contribution in [-0.2, 0) is 24.6 Å². The van der Waals surface area contributed by atoms with Gasteiger partial charge in [0.25, 0.3) is 0 Å². The molecule has 34 heavy (non-hydrogen) atoms. The molecule has 2 heterocycles. The average molecular weight is 510 g/mol. The van der Waals surface area contributed by atoms with Gasteiger partial charge in [0, 0.05) is 44.3 Å². The van der Waals surface area contributed by atoms with Crippen molar-refractivity contribution in [2.24, 2.45) is 11.1 Å². The van der Waals surface area contributed by atoms with Crippen LogP contribution in [0.15, 0.2) is 24.3 Å². The first-order valence-corrected chi connectivity index (χ1v) is 11.9. The molecule has 190 valence electrons. The highest BCUT2D eigenvalue weighted by Crippen LogP contribution is 2.48. The topological polar surface area (TPSA) is 139 Å². The zero-order chi connectivity index (χ0) is 25.3. The Hall–Kier alpha value is -2.42. The smallest absolute Gasteiger partial charge is 0.406 e.